The van der Waals surface area contributed by atoms with Gasteiger partial charge in [0, 0.05) is 38.4 Å². The van der Waals surface area contributed by atoms with Gasteiger partial charge in [0.1, 0.15) is 0 Å². The van der Waals surface area contributed by atoms with Gasteiger partial charge in [-0.1, -0.05) is 172 Å². The van der Waals surface area contributed by atoms with Crippen molar-refractivity contribution in [3.63, 3.8) is 0 Å². The van der Waals surface area contributed by atoms with E-state index in [1.54, 1.807) is 0 Å². The Balaban J connectivity index is 1.06. The molecule has 56 heavy (non-hydrogen) atoms. The molecule has 7 aromatic rings. The summed E-state index contributed by atoms with van der Waals surface area (Å²) in [6.45, 7) is 9.34. The zero-order valence-corrected chi connectivity index (χ0v) is 32.7. The van der Waals surface area contributed by atoms with Gasteiger partial charge in [-0.3, -0.25) is 0 Å². The minimum absolute atomic E-state index is 0.0723. The largest absolute Gasteiger partial charge is 0.313 e. The summed E-state index contributed by atoms with van der Waals surface area (Å²) >= 11 is 1.93. The lowest BCUT2D eigenvalue weighted by Gasteiger charge is -2.29. The van der Waals surface area contributed by atoms with E-state index in [2.05, 4.69) is 201 Å². The van der Waals surface area contributed by atoms with Crippen molar-refractivity contribution in [1.82, 2.24) is 0 Å². The summed E-state index contributed by atoms with van der Waals surface area (Å²) in [7, 11) is 0. The van der Waals surface area contributed by atoms with Crippen LogP contribution in [0.1, 0.15) is 55.4 Å². The third-order valence-corrected chi connectivity index (χ3v) is 13.3. The van der Waals surface area contributed by atoms with Crippen molar-refractivity contribution >= 4 is 50.0 Å². The average molecular weight is 738 g/mol. The molecule has 0 unspecified atom stereocenters. The molecular formula is C54H43NS. The van der Waals surface area contributed by atoms with Crippen molar-refractivity contribution < 1.29 is 0 Å². The Hall–Kier alpha value is -6.09. The van der Waals surface area contributed by atoms with Crippen molar-refractivity contribution in [2.24, 2.45) is 0 Å². The third-order valence-electron chi connectivity index (χ3n) is 12.1. The minimum atomic E-state index is -0.0723. The molecule has 270 valence electrons. The van der Waals surface area contributed by atoms with Gasteiger partial charge in [0.05, 0.1) is 5.69 Å². The fraction of sp³-hybridized carbons (Fsp3) is 0.111. The molecule has 0 radical (unpaired) electrons. The van der Waals surface area contributed by atoms with Gasteiger partial charge in [-0.2, -0.15) is 0 Å². The zero-order chi connectivity index (χ0) is 37.8. The van der Waals surface area contributed by atoms with Gasteiger partial charge in [-0.25, -0.2) is 0 Å². The Morgan fingerprint density at radius 3 is 1.98 bits per heavy atom. The van der Waals surface area contributed by atoms with Gasteiger partial charge in [0.2, 0.25) is 0 Å². The first-order valence-corrected chi connectivity index (χ1v) is 20.5. The molecule has 0 atom stereocenters. The van der Waals surface area contributed by atoms with Crippen LogP contribution in [0, 0.1) is 0 Å². The molecule has 0 amide bonds. The quantitative estimate of drug-likeness (QED) is 0.167. The molecular weight excluding hydrogens is 695 g/mol. The fourth-order valence-electron chi connectivity index (χ4n) is 9.08. The predicted molar refractivity (Wildman–Crippen MR) is 241 cm³/mol. The summed E-state index contributed by atoms with van der Waals surface area (Å²) in [6, 6.07) is 60.2. The number of anilines is 2. The predicted octanol–water partition coefficient (Wildman–Crippen LogP) is 15.3. The van der Waals surface area contributed by atoms with Crippen LogP contribution in [-0.2, 0) is 5.41 Å². The van der Waals surface area contributed by atoms with E-state index in [0.717, 1.165) is 24.9 Å². The Morgan fingerprint density at radius 2 is 1.20 bits per heavy atom. The lowest BCUT2D eigenvalue weighted by Crippen LogP contribution is -2.18. The van der Waals surface area contributed by atoms with E-state index >= 15 is 0 Å². The molecule has 0 bridgehead atoms. The molecule has 1 aliphatic heterocycles. The van der Waals surface area contributed by atoms with Crippen molar-refractivity contribution in [2.45, 2.75) is 43.4 Å². The van der Waals surface area contributed by atoms with Gasteiger partial charge in [0.15, 0.2) is 0 Å². The van der Waals surface area contributed by atoms with Crippen LogP contribution >= 0.6 is 11.8 Å². The van der Waals surface area contributed by atoms with Crippen LogP contribution in [0.4, 0.5) is 11.4 Å². The number of nitrogens with zero attached hydrogens (tertiary/aromatic N) is 1. The SMILES string of the molecule is C=C1CCC2=C(Sc3ccccc31)c1ccc(-c3ccc(N(C4=CC=C(c5ccccc5)C4)c4ccc(-c5ccccc5)cc4)c4ccccc34)cc1C2(C)C. The number of fused-ring (bicyclic) bond motifs is 4. The van der Waals surface area contributed by atoms with Crippen molar-refractivity contribution in [3.05, 3.63) is 216 Å². The molecule has 7 aromatic carbocycles. The van der Waals surface area contributed by atoms with E-state index in [4.69, 9.17) is 0 Å². The topological polar surface area (TPSA) is 3.24 Å². The third kappa shape index (κ3) is 5.88. The summed E-state index contributed by atoms with van der Waals surface area (Å²) in [5.74, 6) is 0. The number of rotatable bonds is 6. The molecule has 10 rings (SSSR count). The van der Waals surface area contributed by atoms with Crippen LogP contribution in [-0.4, -0.2) is 0 Å². The highest BCUT2D eigenvalue weighted by molar-refractivity contribution is 8.08. The number of allylic oxidation sites excluding steroid dienone is 5. The number of hydrogen-bond acceptors (Lipinski definition) is 2. The Kier molecular flexibility index (Phi) is 8.53. The minimum Gasteiger partial charge on any atom is -0.313 e. The maximum atomic E-state index is 4.50. The van der Waals surface area contributed by atoms with E-state index in [9.17, 15) is 0 Å². The van der Waals surface area contributed by atoms with Gasteiger partial charge >= 0.3 is 0 Å². The summed E-state index contributed by atoms with van der Waals surface area (Å²) in [5, 5.41) is 2.49. The van der Waals surface area contributed by atoms with Gasteiger partial charge in [-0.15, -0.1) is 0 Å². The molecule has 0 spiro atoms. The van der Waals surface area contributed by atoms with Crippen LogP contribution in [0.5, 0.6) is 0 Å². The standard InChI is InChI=1S/C54H43NS/c1-36-22-32-49-53(56-52-21-13-12-18-44(36)52)48-30-26-41(35-50(48)54(49,2)3)45-31-33-51(47-20-11-10-19-46(45)47)55(43-29-25-40(34-43)38-16-8-5-9-17-38)42-27-23-39(24-28-42)37-14-6-4-7-15-37/h4-21,23-31,33,35H,1,22,32,34H2,2-3H3. The van der Waals surface area contributed by atoms with Gasteiger partial charge in [-0.05, 0) is 116 Å². The van der Waals surface area contributed by atoms with Gasteiger partial charge < -0.3 is 4.90 Å². The van der Waals surface area contributed by atoms with Crippen molar-refractivity contribution in [1.29, 1.82) is 0 Å². The first-order valence-electron chi connectivity index (χ1n) is 19.7. The Labute approximate surface area is 335 Å². The monoisotopic (exact) mass is 737 g/mol. The normalized spacial score (nSPS) is 15.7. The Morgan fingerprint density at radius 1 is 0.554 bits per heavy atom. The average Bonchev–Trinajstić information content (AvgIpc) is 3.80. The lowest BCUT2D eigenvalue weighted by atomic mass is 9.78. The summed E-state index contributed by atoms with van der Waals surface area (Å²) < 4.78 is 0. The maximum Gasteiger partial charge on any atom is 0.0537 e. The highest BCUT2D eigenvalue weighted by atomic mass is 32.2. The smallest absolute Gasteiger partial charge is 0.0537 e. The molecule has 2 heteroatoms. The molecule has 2 aliphatic carbocycles. The van der Waals surface area contributed by atoms with Crippen LogP contribution in [0.2, 0.25) is 0 Å². The fourth-order valence-corrected chi connectivity index (χ4v) is 10.5. The second kappa shape index (κ2) is 13.9. The van der Waals surface area contributed by atoms with Crippen LogP contribution in [0.3, 0.4) is 0 Å². The van der Waals surface area contributed by atoms with Gasteiger partial charge in [0.25, 0.3) is 0 Å². The molecule has 1 nitrogen and oxygen atoms in total. The molecule has 0 N–H and O–H groups in total. The Bertz CT molecular complexity index is 2760. The highest BCUT2D eigenvalue weighted by Gasteiger charge is 2.39. The van der Waals surface area contributed by atoms with E-state index in [-0.39, 0.29) is 5.41 Å². The molecule has 3 aliphatic rings. The molecule has 0 saturated heterocycles. The highest BCUT2D eigenvalue weighted by Crippen LogP contribution is 2.57. The number of benzene rings is 7. The second-order valence-electron chi connectivity index (χ2n) is 15.7. The van der Waals surface area contributed by atoms with Crippen LogP contribution in [0.15, 0.2) is 199 Å². The number of hydrogen-bond donors (Lipinski definition) is 0. The molecule has 1 heterocycles. The molecule has 0 fully saturated rings. The maximum absolute atomic E-state index is 4.50. The lowest BCUT2D eigenvalue weighted by molar-refractivity contribution is 0.611. The number of thioether (sulfide) groups is 1. The van der Waals surface area contributed by atoms with E-state index in [1.165, 1.54) is 93.2 Å². The van der Waals surface area contributed by atoms with E-state index in [1.807, 2.05) is 11.8 Å². The molecule has 0 saturated carbocycles. The summed E-state index contributed by atoms with van der Waals surface area (Å²) in [6.07, 6.45) is 7.47. The zero-order valence-electron chi connectivity index (χ0n) is 31.9. The van der Waals surface area contributed by atoms with Crippen molar-refractivity contribution in [2.75, 3.05) is 4.90 Å². The van der Waals surface area contributed by atoms with Crippen LogP contribution in [0.25, 0.3) is 49.1 Å². The van der Waals surface area contributed by atoms with Crippen molar-refractivity contribution in [3.8, 4) is 22.3 Å². The van der Waals surface area contributed by atoms with E-state index in [0.29, 0.717) is 0 Å². The first kappa shape index (κ1) is 34.4. The van der Waals surface area contributed by atoms with E-state index < -0.39 is 0 Å². The summed E-state index contributed by atoms with van der Waals surface area (Å²) in [4.78, 5) is 5.21. The first-order chi connectivity index (χ1) is 27.4. The summed E-state index contributed by atoms with van der Waals surface area (Å²) in [5.41, 5.74) is 18.0. The second-order valence-corrected chi connectivity index (χ2v) is 16.8. The molecule has 0 aromatic heterocycles. The van der Waals surface area contributed by atoms with Crippen LogP contribution < -0.4 is 4.90 Å².